The topological polar surface area (TPSA) is 91.2 Å². The zero-order valence-corrected chi connectivity index (χ0v) is 19.2. The molecule has 0 aliphatic carbocycles. The fraction of sp³-hybridized carbons (Fsp3) is 0.160. The first-order valence-corrected chi connectivity index (χ1v) is 12.4. The molecule has 4 rings (SSSR count). The van der Waals surface area contributed by atoms with E-state index in [1.54, 1.807) is 36.4 Å². The van der Waals surface area contributed by atoms with Crippen LogP contribution < -0.4 is 15.6 Å². The largest absolute Gasteiger partial charge is 0.484 e. The monoisotopic (exact) mass is 475 g/mol. The molecule has 0 saturated carbocycles. The number of benzene rings is 3. The molecule has 1 heterocycles. The molecule has 8 heteroatoms. The van der Waals surface area contributed by atoms with Gasteiger partial charge >= 0.3 is 0 Å². The molecule has 1 fully saturated rings. The standard InChI is InChI=1S/C25H21N3O3S2/c26-15-17-1-3-18(4-2-17)19-9-11-22(12-10-19)31-16-23(29)27-28-24(30)20-5-7-21(8-6-20)25-32-13-14-33-25/h1-12,25H,13-14,16H2,(H,27,29)(H,28,30). The summed E-state index contributed by atoms with van der Waals surface area (Å²) in [5, 5.41) is 8.89. The second-order valence-corrected chi connectivity index (χ2v) is 9.92. The molecule has 2 N–H and O–H groups in total. The van der Waals surface area contributed by atoms with Gasteiger partial charge in [0.2, 0.25) is 0 Å². The Labute approximate surface area is 200 Å². The molecule has 0 unspecified atom stereocenters. The summed E-state index contributed by atoms with van der Waals surface area (Å²) in [5.74, 6) is 1.98. The van der Waals surface area contributed by atoms with E-state index in [0.29, 0.717) is 21.5 Å². The zero-order valence-electron chi connectivity index (χ0n) is 17.6. The first-order chi connectivity index (χ1) is 16.1. The van der Waals surface area contributed by atoms with Gasteiger partial charge in [0.25, 0.3) is 11.8 Å². The Balaban J connectivity index is 1.22. The normalized spacial score (nSPS) is 13.2. The molecule has 6 nitrogen and oxygen atoms in total. The van der Waals surface area contributed by atoms with E-state index >= 15 is 0 Å². The fourth-order valence-electron chi connectivity index (χ4n) is 3.21. The lowest BCUT2D eigenvalue weighted by atomic mass is 10.0. The Morgan fingerprint density at radius 3 is 2.09 bits per heavy atom. The van der Waals surface area contributed by atoms with Crippen LogP contribution in [0.1, 0.15) is 26.1 Å². The zero-order chi connectivity index (χ0) is 23.0. The Morgan fingerprint density at radius 2 is 1.48 bits per heavy atom. The molecule has 33 heavy (non-hydrogen) atoms. The molecule has 2 amide bonds. The molecule has 0 atom stereocenters. The van der Waals surface area contributed by atoms with Crippen LogP contribution >= 0.6 is 23.5 Å². The van der Waals surface area contributed by atoms with Crippen LogP contribution in [-0.4, -0.2) is 29.9 Å². The number of carbonyl (C=O) groups is 2. The minimum absolute atomic E-state index is 0.231. The van der Waals surface area contributed by atoms with Crippen molar-refractivity contribution in [3.8, 4) is 22.9 Å². The number of carbonyl (C=O) groups excluding carboxylic acids is 2. The fourth-order valence-corrected chi connectivity index (χ4v) is 6.07. The number of hydrogen-bond acceptors (Lipinski definition) is 6. The van der Waals surface area contributed by atoms with Crippen molar-refractivity contribution in [2.24, 2.45) is 0 Å². The van der Waals surface area contributed by atoms with E-state index in [9.17, 15) is 9.59 Å². The van der Waals surface area contributed by atoms with E-state index in [-0.39, 0.29) is 12.5 Å². The highest BCUT2D eigenvalue weighted by atomic mass is 32.2. The van der Waals surface area contributed by atoms with Gasteiger partial charge in [-0.3, -0.25) is 20.4 Å². The number of hydrazine groups is 1. The van der Waals surface area contributed by atoms with Crippen molar-refractivity contribution >= 4 is 35.3 Å². The van der Waals surface area contributed by atoms with Crippen LogP contribution in [0.15, 0.2) is 72.8 Å². The third-order valence-electron chi connectivity index (χ3n) is 4.95. The maximum Gasteiger partial charge on any atom is 0.276 e. The third kappa shape index (κ3) is 6.09. The summed E-state index contributed by atoms with van der Waals surface area (Å²) in [7, 11) is 0. The molecule has 3 aromatic carbocycles. The van der Waals surface area contributed by atoms with Gasteiger partial charge in [-0.1, -0.05) is 36.4 Å². The van der Waals surface area contributed by atoms with Crippen molar-refractivity contribution in [3.05, 3.63) is 89.5 Å². The summed E-state index contributed by atoms with van der Waals surface area (Å²) < 4.78 is 5.92. The van der Waals surface area contributed by atoms with Gasteiger partial charge in [0.1, 0.15) is 5.75 Å². The summed E-state index contributed by atoms with van der Waals surface area (Å²) in [6.45, 7) is -0.231. The second-order valence-electron chi connectivity index (χ2n) is 7.20. The van der Waals surface area contributed by atoms with Crippen LogP contribution in [-0.2, 0) is 4.79 Å². The molecule has 0 radical (unpaired) electrons. The molecule has 0 spiro atoms. The number of thioether (sulfide) groups is 2. The summed E-state index contributed by atoms with van der Waals surface area (Å²) in [4.78, 5) is 24.3. The van der Waals surface area contributed by atoms with Crippen LogP contribution in [0.4, 0.5) is 0 Å². The van der Waals surface area contributed by atoms with Gasteiger partial charge in [0.15, 0.2) is 6.61 Å². The maximum atomic E-state index is 12.3. The maximum absolute atomic E-state index is 12.3. The van der Waals surface area contributed by atoms with Crippen LogP contribution in [0, 0.1) is 11.3 Å². The second kappa shape index (κ2) is 10.9. The summed E-state index contributed by atoms with van der Waals surface area (Å²) >= 11 is 3.82. The number of nitriles is 1. The highest BCUT2D eigenvalue weighted by Gasteiger charge is 2.18. The predicted octanol–water partition coefficient (Wildman–Crippen LogP) is 4.54. The summed E-state index contributed by atoms with van der Waals surface area (Å²) in [5.41, 5.74) is 9.02. The van der Waals surface area contributed by atoms with Gasteiger partial charge in [0, 0.05) is 17.1 Å². The third-order valence-corrected chi connectivity index (χ3v) is 8.06. The van der Waals surface area contributed by atoms with Crippen LogP contribution in [0.3, 0.4) is 0 Å². The van der Waals surface area contributed by atoms with Gasteiger partial charge < -0.3 is 4.74 Å². The molecule has 3 aromatic rings. The van der Waals surface area contributed by atoms with E-state index in [1.165, 1.54) is 5.56 Å². The highest BCUT2D eigenvalue weighted by Crippen LogP contribution is 2.45. The first kappa shape index (κ1) is 22.8. The average molecular weight is 476 g/mol. The number of rotatable bonds is 6. The molecular weight excluding hydrogens is 454 g/mol. The van der Waals surface area contributed by atoms with Crippen molar-refractivity contribution in [2.45, 2.75) is 4.58 Å². The van der Waals surface area contributed by atoms with E-state index in [4.69, 9.17) is 10.00 Å². The molecule has 0 aromatic heterocycles. The van der Waals surface area contributed by atoms with Crippen molar-refractivity contribution in [2.75, 3.05) is 18.1 Å². The van der Waals surface area contributed by atoms with Crippen molar-refractivity contribution < 1.29 is 14.3 Å². The number of ether oxygens (including phenoxy) is 1. The first-order valence-electron chi connectivity index (χ1n) is 10.3. The summed E-state index contributed by atoms with van der Waals surface area (Å²) in [6, 6.07) is 24.1. The Hall–Kier alpha value is -3.41. The molecule has 1 aliphatic rings. The molecule has 1 aliphatic heterocycles. The van der Waals surface area contributed by atoms with E-state index in [2.05, 4.69) is 16.9 Å². The molecule has 166 valence electrons. The number of nitrogens with zero attached hydrogens (tertiary/aromatic N) is 1. The van der Waals surface area contributed by atoms with Gasteiger partial charge in [-0.2, -0.15) is 5.26 Å². The number of nitrogens with one attached hydrogen (secondary N) is 2. The average Bonchev–Trinajstić information content (AvgIpc) is 3.42. The van der Waals surface area contributed by atoms with Gasteiger partial charge in [-0.15, -0.1) is 23.5 Å². The lowest BCUT2D eigenvalue weighted by Crippen LogP contribution is -2.43. The van der Waals surface area contributed by atoms with Crippen molar-refractivity contribution in [1.82, 2.24) is 10.9 Å². The van der Waals surface area contributed by atoms with E-state index in [1.807, 2.05) is 59.9 Å². The van der Waals surface area contributed by atoms with Crippen LogP contribution in [0.5, 0.6) is 5.75 Å². The number of hydrogen-bond donors (Lipinski definition) is 2. The number of amides is 2. The molecule has 0 bridgehead atoms. The van der Waals surface area contributed by atoms with Gasteiger partial charge in [0.05, 0.1) is 16.2 Å². The highest BCUT2D eigenvalue weighted by molar-refractivity contribution is 8.19. The van der Waals surface area contributed by atoms with E-state index < -0.39 is 5.91 Å². The van der Waals surface area contributed by atoms with Gasteiger partial charge in [-0.05, 0) is 53.1 Å². The lowest BCUT2D eigenvalue weighted by molar-refractivity contribution is -0.123. The Bertz CT molecular complexity index is 1150. The molecular formula is C25H21N3O3S2. The van der Waals surface area contributed by atoms with Gasteiger partial charge in [-0.25, -0.2) is 0 Å². The Morgan fingerprint density at radius 1 is 0.879 bits per heavy atom. The minimum atomic E-state index is -0.463. The van der Waals surface area contributed by atoms with Crippen LogP contribution in [0.25, 0.3) is 11.1 Å². The lowest BCUT2D eigenvalue weighted by Gasteiger charge is -2.11. The Kier molecular flexibility index (Phi) is 7.55. The quantitative estimate of drug-likeness (QED) is 0.509. The predicted molar refractivity (Wildman–Crippen MR) is 132 cm³/mol. The smallest absolute Gasteiger partial charge is 0.276 e. The minimum Gasteiger partial charge on any atom is -0.484 e. The summed E-state index contributed by atoms with van der Waals surface area (Å²) in [6.07, 6.45) is 0. The van der Waals surface area contributed by atoms with Crippen molar-refractivity contribution in [3.63, 3.8) is 0 Å². The SMILES string of the molecule is N#Cc1ccc(-c2ccc(OCC(=O)NNC(=O)c3ccc(C4SCCS4)cc3)cc2)cc1. The van der Waals surface area contributed by atoms with Crippen molar-refractivity contribution in [1.29, 1.82) is 5.26 Å². The van der Waals surface area contributed by atoms with Crippen LogP contribution in [0.2, 0.25) is 0 Å². The molecule has 1 saturated heterocycles. The van der Waals surface area contributed by atoms with E-state index in [0.717, 1.165) is 22.6 Å².